The van der Waals surface area contributed by atoms with Gasteiger partial charge in [-0.25, -0.2) is 4.39 Å². The lowest BCUT2D eigenvalue weighted by molar-refractivity contribution is -0.119. The smallest absolute Gasteiger partial charge is 0.269 e. The molecule has 2 amide bonds. The lowest BCUT2D eigenvalue weighted by Crippen LogP contribution is -2.42. The summed E-state index contributed by atoms with van der Waals surface area (Å²) in [5.41, 5.74) is 5.60. The number of benzene rings is 2. The van der Waals surface area contributed by atoms with Crippen LogP contribution in [-0.2, 0) is 4.79 Å². The molecule has 3 rings (SSSR count). The van der Waals surface area contributed by atoms with E-state index in [1.165, 1.54) is 18.5 Å². The Bertz CT molecular complexity index is 977. The third-order valence-corrected chi connectivity index (χ3v) is 4.55. The molecule has 1 heterocycles. The number of nitrogens with one attached hydrogen (secondary N) is 2. The van der Waals surface area contributed by atoms with Crippen LogP contribution in [-0.4, -0.2) is 39.4 Å². The number of nitrogens with zero attached hydrogens (tertiary/aromatic N) is 3. The molecule has 0 spiro atoms. The number of hydrogen-bond donors (Lipinski definition) is 2. The van der Waals surface area contributed by atoms with Gasteiger partial charge in [0.15, 0.2) is 5.16 Å². The van der Waals surface area contributed by atoms with Gasteiger partial charge >= 0.3 is 0 Å². The minimum Gasteiger partial charge on any atom is -0.497 e. The summed E-state index contributed by atoms with van der Waals surface area (Å²) in [6.45, 7) is 0. The molecular formula is C18H16FN5O3S. The molecule has 1 aromatic heterocycles. The van der Waals surface area contributed by atoms with Gasteiger partial charge in [-0.15, -0.1) is 10.2 Å². The Labute approximate surface area is 164 Å². The highest BCUT2D eigenvalue weighted by Gasteiger charge is 2.12. The number of halogens is 1. The summed E-state index contributed by atoms with van der Waals surface area (Å²) in [4.78, 5) is 23.9. The van der Waals surface area contributed by atoms with Crippen molar-refractivity contribution in [1.82, 2.24) is 25.6 Å². The molecule has 0 aliphatic heterocycles. The predicted octanol–water partition coefficient (Wildman–Crippen LogP) is 1.97. The van der Waals surface area contributed by atoms with Crippen molar-refractivity contribution < 1.29 is 18.7 Å². The Morgan fingerprint density at radius 3 is 2.71 bits per heavy atom. The van der Waals surface area contributed by atoms with Gasteiger partial charge in [0.25, 0.3) is 5.91 Å². The quantitative estimate of drug-likeness (QED) is 0.484. The van der Waals surface area contributed by atoms with Crippen molar-refractivity contribution in [2.75, 3.05) is 12.9 Å². The van der Waals surface area contributed by atoms with Crippen molar-refractivity contribution in [2.45, 2.75) is 5.16 Å². The van der Waals surface area contributed by atoms with Crippen LogP contribution in [0.3, 0.4) is 0 Å². The van der Waals surface area contributed by atoms with Crippen LogP contribution in [0.1, 0.15) is 10.4 Å². The average Bonchev–Trinajstić information content (AvgIpc) is 3.19. The van der Waals surface area contributed by atoms with Gasteiger partial charge in [0.05, 0.1) is 18.6 Å². The fourth-order valence-corrected chi connectivity index (χ4v) is 2.96. The van der Waals surface area contributed by atoms with Crippen molar-refractivity contribution in [3.8, 4) is 11.4 Å². The topological polar surface area (TPSA) is 98.1 Å². The van der Waals surface area contributed by atoms with Crippen LogP contribution in [0.25, 0.3) is 5.69 Å². The summed E-state index contributed by atoms with van der Waals surface area (Å²) in [5.74, 6) is -0.731. The number of aromatic nitrogens is 3. The second-order valence-corrected chi connectivity index (χ2v) is 6.43. The van der Waals surface area contributed by atoms with Crippen LogP contribution < -0.4 is 15.6 Å². The fourth-order valence-electron chi connectivity index (χ4n) is 2.23. The Hall–Kier alpha value is -3.40. The van der Waals surface area contributed by atoms with Crippen LogP contribution in [0.2, 0.25) is 0 Å². The Morgan fingerprint density at radius 2 is 1.96 bits per heavy atom. The van der Waals surface area contributed by atoms with Crippen molar-refractivity contribution >= 4 is 23.6 Å². The summed E-state index contributed by atoms with van der Waals surface area (Å²) < 4.78 is 19.8. The molecule has 0 aliphatic carbocycles. The lowest BCUT2D eigenvalue weighted by Gasteiger charge is -2.09. The van der Waals surface area contributed by atoms with Gasteiger partial charge in [-0.1, -0.05) is 17.8 Å². The van der Waals surface area contributed by atoms with Crippen molar-refractivity contribution in [3.63, 3.8) is 0 Å². The molecule has 10 heteroatoms. The van der Waals surface area contributed by atoms with Gasteiger partial charge in [-0.05, 0) is 36.4 Å². The van der Waals surface area contributed by atoms with Gasteiger partial charge in [0, 0.05) is 11.6 Å². The second kappa shape index (κ2) is 9.00. The number of ether oxygens (including phenoxy) is 1. The summed E-state index contributed by atoms with van der Waals surface area (Å²) in [6.07, 6.45) is 1.53. The third kappa shape index (κ3) is 4.86. The first kappa shape index (κ1) is 19.4. The number of carbonyl (C=O) groups is 2. The molecule has 0 saturated heterocycles. The normalized spacial score (nSPS) is 10.4. The predicted molar refractivity (Wildman–Crippen MR) is 101 cm³/mol. The summed E-state index contributed by atoms with van der Waals surface area (Å²) in [5, 5.41) is 8.38. The molecule has 0 radical (unpaired) electrons. The number of rotatable bonds is 6. The number of thioether (sulfide) groups is 1. The molecule has 2 N–H and O–H groups in total. The molecule has 0 saturated carbocycles. The standard InChI is InChI=1S/C18H16FN5O3S/c1-27-15-4-2-3-14(9-15)24-11-20-23-18(24)28-10-16(25)21-22-17(26)12-5-7-13(19)8-6-12/h2-9,11H,10H2,1H3,(H,21,25)(H,22,26). The van der Waals surface area contributed by atoms with E-state index >= 15 is 0 Å². The van der Waals surface area contributed by atoms with Crippen molar-refractivity contribution in [1.29, 1.82) is 0 Å². The number of amides is 2. The van der Waals surface area contributed by atoms with E-state index < -0.39 is 17.6 Å². The van der Waals surface area contributed by atoms with E-state index in [1.807, 2.05) is 24.3 Å². The van der Waals surface area contributed by atoms with Crippen LogP contribution in [0.5, 0.6) is 5.75 Å². The molecule has 3 aromatic rings. The van der Waals surface area contributed by atoms with Gasteiger partial charge in [-0.3, -0.25) is 25.0 Å². The highest BCUT2D eigenvalue weighted by Crippen LogP contribution is 2.22. The monoisotopic (exact) mass is 401 g/mol. The maximum Gasteiger partial charge on any atom is 0.269 e. The minimum absolute atomic E-state index is 0.00631. The van der Waals surface area contributed by atoms with Crippen molar-refractivity contribution in [3.05, 3.63) is 66.2 Å². The van der Waals surface area contributed by atoms with E-state index in [-0.39, 0.29) is 11.3 Å². The Morgan fingerprint density at radius 1 is 1.18 bits per heavy atom. The Kier molecular flexibility index (Phi) is 6.22. The first-order valence-electron chi connectivity index (χ1n) is 8.09. The third-order valence-electron chi connectivity index (χ3n) is 3.60. The van der Waals surface area contributed by atoms with Crippen LogP contribution >= 0.6 is 11.8 Å². The van der Waals surface area contributed by atoms with Crippen LogP contribution in [0.15, 0.2) is 60.0 Å². The van der Waals surface area contributed by atoms with E-state index in [1.54, 1.807) is 11.7 Å². The molecule has 144 valence electrons. The molecule has 0 unspecified atom stereocenters. The largest absolute Gasteiger partial charge is 0.497 e. The minimum atomic E-state index is -0.544. The summed E-state index contributed by atoms with van der Waals surface area (Å²) in [7, 11) is 1.57. The van der Waals surface area contributed by atoms with E-state index in [4.69, 9.17) is 4.74 Å². The maximum atomic E-state index is 12.9. The molecular weight excluding hydrogens is 385 g/mol. The van der Waals surface area contributed by atoms with Gasteiger partial charge < -0.3 is 4.74 Å². The molecule has 0 fully saturated rings. The zero-order chi connectivity index (χ0) is 19.9. The molecule has 0 atom stereocenters. The average molecular weight is 401 g/mol. The highest BCUT2D eigenvalue weighted by atomic mass is 32.2. The first-order chi connectivity index (χ1) is 13.6. The highest BCUT2D eigenvalue weighted by molar-refractivity contribution is 7.99. The van der Waals surface area contributed by atoms with Gasteiger partial charge in [-0.2, -0.15) is 0 Å². The number of methoxy groups -OCH3 is 1. The second-order valence-electron chi connectivity index (χ2n) is 5.48. The molecule has 0 bridgehead atoms. The van der Waals surface area contributed by atoms with E-state index in [0.717, 1.165) is 29.6 Å². The molecule has 28 heavy (non-hydrogen) atoms. The van der Waals surface area contributed by atoms with Gasteiger partial charge in [0.2, 0.25) is 5.91 Å². The van der Waals surface area contributed by atoms with Crippen molar-refractivity contribution in [2.24, 2.45) is 0 Å². The Balaban J connectivity index is 1.54. The van der Waals surface area contributed by atoms with Gasteiger partial charge in [0.1, 0.15) is 17.9 Å². The fraction of sp³-hybridized carbons (Fsp3) is 0.111. The first-order valence-corrected chi connectivity index (χ1v) is 9.07. The zero-order valence-corrected chi connectivity index (χ0v) is 15.6. The maximum absolute atomic E-state index is 12.9. The summed E-state index contributed by atoms with van der Waals surface area (Å²) in [6, 6.07) is 12.3. The van der Waals surface area contributed by atoms with E-state index in [0.29, 0.717) is 10.9 Å². The molecule has 0 aliphatic rings. The zero-order valence-electron chi connectivity index (χ0n) is 14.8. The SMILES string of the molecule is COc1cccc(-n2cnnc2SCC(=O)NNC(=O)c2ccc(F)cc2)c1. The number of hydrazine groups is 1. The van der Waals surface area contributed by atoms with E-state index in [2.05, 4.69) is 21.0 Å². The molecule has 8 nitrogen and oxygen atoms in total. The lowest BCUT2D eigenvalue weighted by atomic mass is 10.2. The van der Waals surface area contributed by atoms with E-state index in [9.17, 15) is 14.0 Å². The van der Waals surface area contributed by atoms with Crippen LogP contribution in [0, 0.1) is 5.82 Å². The summed E-state index contributed by atoms with van der Waals surface area (Å²) >= 11 is 1.16. The number of hydrogen-bond acceptors (Lipinski definition) is 6. The molecule has 2 aromatic carbocycles. The van der Waals surface area contributed by atoms with Crippen LogP contribution in [0.4, 0.5) is 4.39 Å². The number of carbonyl (C=O) groups excluding carboxylic acids is 2.